The second-order valence-electron chi connectivity index (χ2n) is 13.9. The smallest absolute Gasteiger partial charge is 0.335 e. The van der Waals surface area contributed by atoms with Crippen molar-refractivity contribution < 1.29 is 8.83 Å². The van der Waals surface area contributed by atoms with E-state index in [0.29, 0.717) is 0 Å². The fourth-order valence-electron chi connectivity index (χ4n) is 3.81. The van der Waals surface area contributed by atoms with Crippen molar-refractivity contribution in [2.24, 2.45) is 7.05 Å². The first-order valence-electron chi connectivity index (χ1n) is 12.4. The maximum Gasteiger partial charge on any atom is 0.335 e. The zero-order chi connectivity index (χ0) is 25.9. The van der Waals surface area contributed by atoms with Crippen molar-refractivity contribution in [3.63, 3.8) is 0 Å². The van der Waals surface area contributed by atoms with E-state index in [4.69, 9.17) is 8.83 Å². The van der Waals surface area contributed by atoms with Gasteiger partial charge in [-0.05, 0) is 89.2 Å². The van der Waals surface area contributed by atoms with Crippen molar-refractivity contribution in [3.8, 4) is 22.4 Å². The Morgan fingerprint density at radius 3 is 1.12 bits per heavy atom. The molecule has 3 rings (SSSR count). The van der Waals surface area contributed by atoms with Crippen LogP contribution in [0.4, 0.5) is 0 Å². The van der Waals surface area contributed by atoms with E-state index in [1.54, 1.807) is 0 Å². The molecule has 0 bridgehead atoms. The Morgan fingerprint density at radius 2 is 0.794 bits per heavy atom. The van der Waals surface area contributed by atoms with Crippen LogP contribution in [0.3, 0.4) is 0 Å². The lowest BCUT2D eigenvalue weighted by Crippen LogP contribution is -2.16. The van der Waals surface area contributed by atoms with Gasteiger partial charge in [0, 0.05) is 59.9 Å². The Morgan fingerprint density at radius 1 is 0.471 bits per heavy atom. The van der Waals surface area contributed by atoms with Gasteiger partial charge in [-0.2, -0.15) is 0 Å². The molecule has 0 fully saturated rings. The van der Waals surface area contributed by atoms with E-state index in [1.165, 1.54) is 22.4 Å². The minimum atomic E-state index is -0.0752. The maximum atomic E-state index is 6.38. The second kappa shape index (κ2) is 8.36. The van der Waals surface area contributed by atoms with Crippen molar-refractivity contribution in [1.29, 1.82) is 0 Å². The van der Waals surface area contributed by atoms with E-state index < -0.39 is 0 Å². The number of nitrogens with zero attached hydrogens (tertiary/aromatic N) is 1. The van der Waals surface area contributed by atoms with Gasteiger partial charge < -0.3 is 4.57 Å². The lowest BCUT2D eigenvalue weighted by atomic mass is 9.87. The van der Waals surface area contributed by atoms with Gasteiger partial charge in [-0.25, -0.2) is 8.83 Å². The topological polar surface area (TPSA) is 27.5 Å². The summed E-state index contributed by atoms with van der Waals surface area (Å²) in [6, 6.07) is 11.1. The van der Waals surface area contributed by atoms with E-state index in [-0.39, 0.29) is 21.7 Å². The highest BCUT2D eigenvalue weighted by molar-refractivity contribution is 5.73. The number of hydrogen-bond donors (Lipinski definition) is 0. The van der Waals surface area contributed by atoms with Gasteiger partial charge in [0.1, 0.15) is 0 Å². The molecule has 0 aliphatic heterocycles. The first-order chi connectivity index (χ1) is 15.3. The Kier molecular flexibility index (Phi) is 6.44. The Balaban J connectivity index is 2.22. The average molecular weight is 464 g/mol. The number of rotatable bonds is 2. The molecule has 0 aliphatic carbocycles. The van der Waals surface area contributed by atoms with Gasteiger partial charge >= 0.3 is 23.0 Å². The molecule has 0 amide bonds. The zero-order valence-corrected chi connectivity index (χ0v) is 23.7. The molecule has 0 aliphatic rings. The quantitative estimate of drug-likeness (QED) is 0.354. The van der Waals surface area contributed by atoms with Gasteiger partial charge in [0.2, 0.25) is 0 Å². The highest BCUT2D eigenvalue weighted by Gasteiger charge is 2.36. The number of hydrogen-bond acceptors (Lipinski definition) is 0. The van der Waals surface area contributed by atoms with E-state index in [9.17, 15) is 0 Å². The normalized spacial score (nSPS) is 13.4. The van der Waals surface area contributed by atoms with E-state index in [0.717, 1.165) is 23.0 Å². The van der Waals surface area contributed by atoms with Crippen LogP contribution in [0, 0.1) is 0 Å². The summed E-state index contributed by atoms with van der Waals surface area (Å²) in [6.07, 6.45) is 2.22. The van der Waals surface area contributed by atoms with Crippen molar-refractivity contribution in [2.45, 2.75) is 105 Å². The minimum absolute atomic E-state index is 0.0717. The van der Waals surface area contributed by atoms with E-state index in [2.05, 4.69) is 131 Å². The minimum Gasteiger partial charge on any atom is -0.350 e. The molecule has 184 valence electrons. The summed E-state index contributed by atoms with van der Waals surface area (Å²) in [4.78, 5) is 0. The molecule has 0 radical (unpaired) electrons. The van der Waals surface area contributed by atoms with Crippen molar-refractivity contribution in [2.75, 3.05) is 0 Å². The maximum absolute atomic E-state index is 6.38. The van der Waals surface area contributed by atoms with Crippen LogP contribution in [0.15, 0.2) is 45.4 Å². The number of aromatic nitrogens is 1. The summed E-state index contributed by atoms with van der Waals surface area (Å²) < 4.78 is 15.0. The van der Waals surface area contributed by atoms with E-state index in [1.807, 2.05) is 0 Å². The second-order valence-corrected chi connectivity index (χ2v) is 13.9. The van der Waals surface area contributed by atoms with Crippen LogP contribution < -0.4 is 0 Å². The Bertz CT molecular complexity index is 1120. The predicted molar refractivity (Wildman–Crippen MR) is 144 cm³/mol. The van der Waals surface area contributed by atoms with Crippen LogP contribution in [-0.2, 0) is 28.7 Å². The molecule has 0 N–H and O–H groups in total. The van der Waals surface area contributed by atoms with Gasteiger partial charge in [0.05, 0.1) is 21.7 Å². The molecule has 0 atom stereocenters. The third kappa shape index (κ3) is 5.62. The van der Waals surface area contributed by atoms with Gasteiger partial charge in [-0.15, -0.1) is 0 Å². The molecule has 3 heterocycles. The van der Waals surface area contributed by atoms with Crippen molar-refractivity contribution in [3.05, 3.63) is 59.6 Å². The van der Waals surface area contributed by atoms with Gasteiger partial charge in [0.15, 0.2) is 0 Å². The first kappa shape index (κ1) is 26.2. The van der Waals surface area contributed by atoms with Crippen LogP contribution in [0.1, 0.15) is 106 Å². The fourth-order valence-corrected chi connectivity index (χ4v) is 3.81. The van der Waals surface area contributed by atoms with Gasteiger partial charge in [-0.1, -0.05) is 0 Å². The fraction of sp³-hybridized carbons (Fsp3) is 0.548. The first-order valence-corrected chi connectivity index (χ1v) is 12.4. The van der Waals surface area contributed by atoms with Gasteiger partial charge in [-0.3, -0.25) is 0 Å². The van der Waals surface area contributed by atoms with Crippen LogP contribution in [0.2, 0.25) is 0 Å². The third-order valence-electron chi connectivity index (χ3n) is 6.18. The third-order valence-corrected chi connectivity index (χ3v) is 6.18. The SMILES string of the molecule is Cn1cc(-c2cc(C(C)(C)C)[o+]c(C(C)(C)C)c2)cc1-c1cc(C(C)(C)C)[o+]c(C(C)(C)C)c1. The molecular formula is C31H45NO2+2. The molecule has 3 aromatic rings. The molecular weight excluding hydrogens is 418 g/mol. The molecule has 0 saturated heterocycles. The predicted octanol–water partition coefficient (Wildman–Crippen LogP) is 9.30. The van der Waals surface area contributed by atoms with Crippen molar-refractivity contribution in [1.82, 2.24) is 4.57 Å². The molecule has 0 unspecified atom stereocenters. The van der Waals surface area contributed by atoms with Crippen molar-refractivity contribution >= 4 is 0 Å². The Labute approximate surface area is 207 Å². The van der Waals surface area contributed by atoms with Crippen LogP contribution in [-0.4, -0.2) is 4.57 Å². The molecule has 0 saturated carbocycles. The standard InChI is InChI=1S/C31H45NO2/c1-28(2,3)24-15-20(16-25(33-24)29(4,5)6)22-14-23(32(13)19-22)21-17-26(30(7,8)9)34-27(18-21)31(10,11)12/h14-19H,1-13H3/q+2. The largest absolute Gasteiger partial charge is 0.350 e. The monoisotopic (exact) mass is 463 g/mol. The van der Waals surface area contributed by atoms with Gasteiger partial charge in [0.25, 0.3) is 0 Å². The molecule has 3 heteroatoms. The highest BCUT2D eigenvalue weighted by atomic mass is 16.3. The summed E-state index contributed by atoms with van der Waals surface area (Å²) in [5.74, 6) is 4.01. The zero-order valence-electron chi connectivity index (χ0n) is 23.7. The Hall–Kier alpha value is -2.42. The summed E-state index contributed by atoms with van der Waals surface area (Å²) in [5, 5.41) is 0. The molecule has 3 nitrogen and oxygen atoms in total. The molecule has 34 heavy (non-hydrogen) atoms. The molecule has 0 spiro atoms. The van der Waals surface area contributed by atoms with Crippen LogP contribution in [0.25, 0.3) is 22.4 Å². The molecule has 3 aromatic heterocycles. The van der Waals surface area contributed by atoms with E-state index >= 15 is 0 Å². The highest BCUT2D eigenvalue weighted by Crippen LogP contribution is 2.38. The van der Waals surface area contributed by atoms with Crippen LogP contribution >= 0.6 is 0 Å². The lowest BCUT2D eigenvalue weighted by molar-refractivity contribution is 0.329. The lowest BCUT2D eigenvalue weighted by Gasteiger charge is -2.15. The molecule has 0 aromatic carbocycles. The summed E-state index contributed by atoms with van der Waals surface area (Å²) in [5.41, 5.74) is 4.45. The average Bonchev–Trinajstić information content (AvgIpc) is 3.06. The van der Waals surface area contributed by atoms with Crippen LogP contribution in [0.5, 0.6) is 0 Å². The number of aryl methyl sites for hydroxylation is 1. The summed E-state index contributed by atoms with van der Waals surface area (Å²) in [7, 11) is 2.12. The summed E-state index contributed by atoms with van der Waals surface area (Å²) in [6.45, 7) is 26.4. The summed E-state index contributed by atoms with van der Waals surface area (Å²) >= 11 is 0.